The summed E-state index contributed by atoms with van der Waals surface area (Å²) < 4.78 is 23.7. The maximum atomic E-state index is 12.1. The maximum absolute atomic E-state index is 12.1. The minimum atomic E-state index is -3.24. The third kappa shape index (κ3) is 3.05. The highest BCUT2D eigenvalue weighted by Crippen LogP contribution is 2.37. The van der Waals surface area contributed by atoms with Crippen LogP contribution in [0.15, 0.2) is 0 Å². The Morgan fingerprint density at radius 3 is 2.67 bits per heavy atom. The Hall–Kier alpha value is -0.580. The molecule has 0 aromatic carbocycles. The van der Waals surface area contributed by atoms with Crippen LogP contribution in [0.3, 0.4) is 0 Å². The molecule has 104 valence electrons. The average molecular weight is 273 g/mol. The van der Waals surface area contributed by atoms with Gasteiger partial charge in [-0.3, -0.25) is 4.79 Å². The highest BCUT2D eigenvalue weighted by atomic mass is 32.2. The van der Waals surface area contributed by atoms with E-state index in [1.807, 2.05) is 18.7 Å². The van der Waals surface area contributed by atoms with Gasteiger partial charge < -0.3 is 4.90 Å². The predicted octanol–water partition coefficient (Wildman–Crippen LogP) is 1.46. The lowest BCUT2D eigenvalue weighted by molar-refractivity contribution is -0.129. The van der Waals surface area contributed by atoms with Crippen LogP contribution in [0.5, 0.6) is 0 Å². The smallest absolute Gasteiger partial charge is 0.238 e. The molecule has 1 aliphatic heterocycles. The van der Waals surface area contributed by atoms with Gasteiger partial charge >= 0.3 is 0 Å². The van der Waals surface area contributed by atoms with E-state index in [9.17, 15) is 13.2 Å². The van der Waals surface area contributed by atoms with E-state index < -0.39 is 9.84 Å². The number of fused-ring (bicyclic) bond motifs is 1. The molecule has 0 spiro atoms. The number of likely N-dealkylation sites (tertiary alicyclic amines) is 1. The molecule has 0 N–H and O–H groups in total. The Labute approximate surface area is 110 Å². The molecule has 2 fully saturated rings. The zero-order chi connectivity index (χ0) is 13.3. The largest absolute Gasteiger partial charge is 0.339 e. The van der Waals surface area contributed by atoms with Crippen LogP contribution in [0, 0.1) is 11.8 Å². The number of hydrogen-bond acceptors (Lipinski definition) is 3. The standard InChI is InChI=1S/C13H23NO3S/c1-10(2)8-18(16,17)9-13(15)14-7-6-11-4-3-5-12(11)14/h10-12H,3-9H2,1-2H3. The minimum Gasteiger partial charge on any atom is -0.339 e. The SMILES string of the molecule is CC(C)CS(=O)(=O)CC(=O)N1CCC2CCCC21. The van der Waals surface area contributed by atoms with E-state index in [2.05, 4.69) is 0 Å². The second-order valence-electron chi connectivity index (χ2n) is 6.08. The van der Waals surface area contributed by atoms with Crippen molar-refractivity contribution in [3.8, 4) is 0 Å². The molecule has 2 atom stereocenters. The van der Waals surface area contributed by atoms with Crippen LogP contribution in [-0.2, 0) is 14.6 Å². The van der Waals surface area contributed by atoms with Gasteiger partial charge in [-0.15, -0.1) is 0 Å². The van der Waals surface area contributed by atoms with Gasteiger partial charge in [0.15, 0.2) is 9.84 Å². The lowest BCUT2D eigenvalue weighted by Gasteiger charge is -2.24. The molecule has 1 saturated carbocycles. The zero-order valence-corrected chi connectivity index (χ0v) is 12.1. The number of amides is 1. The fraction of sp³-hybridized carbons (Fsp3) is 0.923. The molecule has 1 aliphatic carbocycles. The molecule has 5 heteroatoms. The van der Waals surface area contributed by atoms with E-state index in [4.69, 9.17) is 0 Å². The van der Waals surface area contributed by atoms with Crippen LogP contribution in [0.1, 0.15) is 39.5 Å². The molecule has 2 unspecified atom stereocenters. The summed E-state index contributed by atoms with van der Waals surface area (Å²) in [6.45, 7) is 4.49. The highest BCUT2D eigenvalue weighted by molar-refractivity contribution is 7.92. The van der Waals surface area contributed by atoms with E-state index in [1.165, 1.54) is 12.8 Å². The van der Waals surface area contributed by atoms with Gasteiger partial charge in [0.2, 0.25) is 5.91 Å². The molecule has 0 aromatic rings. The summed E-state index contributed by atoms with van der Waals surface area (Å²) in [5.41, 5.74) is 0. The first-order chi connectivity index (χ1) is 8.39. The Bertz CT molecular complexity index is 416. The van der Waals surface area contributed by atoms with Gasteiger partial charge in [-0.25, -0.2) is 8.42 Å². The van der Waals surface area contributed by atoms with Gasteiger partial charge in [0, 0.05) is 12.6 Å². The number of sulfone groups is 1. The molecule has 1 heterocycles. The summed E-state index contributed by atoms with van der Waals surface area (Å²) in [7, 11) is -3.24. The molecule has 2 aliphatic rings. The van der Waals surface area contributed by atoms with Gasteiger partial charge in [-0.1, -0.05) is 20.3 Å². The monoisotopic (exact) mass is 273 g/mol. The van der Waals surface area contributed by atoms with Crippen molar-refractivity contribution in [2.45, 2.75) is 45.6 Å². The van der Waals surface area contributed by atoms with Gasteiger partial charge in [0.05, 0.1) is 5.75 Å². The normalized spacial score (nSPS) is 27.8. The van der Waals surface area contributed by atoms with Gasteiger partial charge in [0.25, 0.3) is 0 Å². The summed E-state index contributed by atoms with van der Waals surface area (Å²) in [5, 5.41) is 0. The van der Waals surface area contributed by atoms with Crippen molar-refractivity contribution >= 4 is 15.7 Å². The number of hydrogen-bond donors (Lipinski definition) is 0. The Morgan fingerprint density at radius 2 is 2.00 bits per heavy atom. The van der Waals surface area contributed by atoms with Crippen molar-refractivity contribution in [1.29, 1.82) is 0 Å². The number of carbonyl (C=O) groups is 1. The third-order valence-electron chi connectivity index (χ3n) is 4.01. The first kappa shape index (κ1) is 13.8. The van der Waals surface area contributed by atoms with Crippen molar-refractivity contribution in [2.75, 3.05) is 18.1 Å². The van der Waals surface area contributed by atoms with Crippen LogP contribution in [0.2, 0.25) is 0 Å². The van der Waals surface area contributed by atoms with E-state index >= 15 is 0 Å². The van der Waals surface area contributed by atoms with Crippen molar-refractivity contribution in [2.24, 2.45) is 11.8 Å². The third-order valence-corrected chi connectivity index (χ3v) is 5.87. The van der Waals surface area contributed by atoms with Crippen molar-refractivity contribution in [1.82, 2.24) is 4.90 Å². The first-order valence-electron chi connectivity index (χ1n) is 6.89. The topological polar surface area (TPSA) is 54.5 Å². The number of rotatable bonds is 4. The van der Waals surface area contributed by atoms with Crippen molar-refractivity contribution in [3.63, 3.8) is 0 Å². The quantitative estimate of drug-likeness (QED) is 0.779. The second kappa shape index (κ2) is 5.19. The first-order valence-corrected chi connectivity index (χ1v) is 8.71. The second-order valence-corrected chi connectivity index (χ2v) is 8.19. The maximum Gasteiger partial charge on any atom is 0.238 e. The Balaban J connectivity index is 1.96. The highest BCUT2D eigenvalue weighted by Gasteiger charge is 2.40. The molecule has 1 amide bonds. The lowest BCUT2D eigenvalue weighted by atomic mass is 10.1. The van der Waals surface area contributed by atoms with Crippen LogP contribution in [-0.4, -0.2) is 43.3 Å². The van der Waals surface area contributed by atoms with E-state index in [-0.39, 0.29) is 23.3 Å². The van der Waals surface area contributed by atoms with Crippen molar-refractivity contribution < 1.29 is 13.2 Å². The van der Waals surface area contributed by atoms with E-state index in [1.54, 1.807) is 0 Å². The zero-order valence-electron chi connectivity index (χ0n) is 11.3. The molecular weight excluding hydrogens is 250 g/mol. The molecule has 0 aromatic heterocycles. The van der Waals surface area contributed by atoms with Gasteiger partial charge in [-0.2, -0.15) is 0 Å². The van der Waals surface area contributed by atoms with Gasteiger partial charge in [0.1, 0.15) is 5.75 Å². The number of nitrogens with zero attached hydrogens (tertiary/aromatic N) is 1. The van der Waals surface area contributed by atoms with Gasteiger partial charge in [-0.05, 0) is 31.1 Å². The Kier molecular flexibility index (Phi) is 3.99. The summed E-state index contributed by atoms with van der Waals surface area (Å²) in [6.07, 6.45) is 4.49. The van der Waals surface area contributed by atoms with Crippen LogP contribution in [0.25, 0.3) is 0 Å². The lowest BCUT2D eigenvalue weighted by Crippen LogP contribution is -2.40. The van der Waals surface area contributed by atoms with E-state index in [0.29, 0.717) is 12.0 Å². The number of carbonyl (C=O) groups excluding carboxylic acids is 1. The summed E-state index contributed by atoms with van der Waals surface area (Å²) in [4.78, 5) is 14.0. The fourth-order valence-electron chi connectivity index (χ4n) is 3.38. The summed E-state index contributed by atoms with van der Waals surface area (Å²) in [5.74, 6) is 0.349. The molecule has 1 saturated heterocycles. The summed E-state index contributed by atoms with van der Waals surface area (Å²) in [6, 6.07) is 0.326. The summed E-state index contributed by atoms with van der Waals surface area (Å²) >= 11 is 0. The van der Waals surface area contributed by atoms with Crippen LogP contribution in [0.4, 0.5) is 0 Å². The molecular formula is C13H23NO3S. The molecule has 2 rings (SSSR count). The van der Waals surface area contributed by atoms with Crippen LogP contribution < -0.4 is 0 Å². The molecule has 18 heavy (non-hydrogen) atoms. The molecule has 0 radical (unpaired) electrons. The van der Waals surface area contributed by atoms with Crippen LogP contribution >= 0.6 is 0 Å². The molecule has 4 nitrogen and oxygen atoms in total. The van der Waals surface area contributed by atoms with Crippen molar-refractivity contribution in [3.05, 3.63) is 0 Å². The Morgan fingerprint density at radius 1 is 1.28 bits per heavy atom. The predicted molar refractivity (Wildman–Crippen MR) is 71.0 cm³/mol. The minimum absolute atomic E-state index is 0.0839. The molecule has 0 bridgehead atoms. The van der Waals surface area contributed by atoms with E-state index in [0.717, 1.165) is 19.4 Å². The average Bonchev–Trinajstić information content (AvgIpc) is 2.72. The fourth-order valence-corrected chi connectivity index (χ4v) is 5.06.